The Hall–Kier alpha value is -1.39. The summed E-state index contributed by atoms with van der Waals surface area (Å²) in [6.07, 6.45) is 5.69. The number of hydrogen-bond acceptors (Lipinski definition) is 3. The zero-order chi connectivity index (χ0) is 11.5. The Morgan fingerprint density at radius 2 is 2.25 bits per heavy atom. The summed E-state index contributed by atoms with van der Waals surface area (Å²) in [5, 5.41) is 7.93. The molecule has 1 aromatic rings. The minimum Gasteiger partial charge on any atom is -0.364 e. The third-order valence-corrected chi connectivity index (χ3v) is 2.94. The van der Waals surface area contributed by atoms with Crippen molar-refractivity contribution in [3.05, 3.63) is 11.4 Å². The molecular formula is C11H18N4O. The van der Waals surface area contributed by atoms with Gasteiger partial charge in [0, 0.05) is 12.5 Å². The number of nitrogens with two attached hydrogens (primary N) is 1. The van der Waals surface area contributed by atoms with Gasteiger partial charge in [-0.15, -0.1) is 5.10 Å². The maximum absolute atomic E-state index is 11.2. The molecular weight excluding hydrogens is 204 g/mol. The molecule has 0 saturated heterocycles. The second-order valence-corrected chi connectivity index (χ2v) is 4.39. The zero-order valence-corrected chi connectivity index (χ0v) is 9.65. The molecule has 0 unspecified atom stereocenters. The number of unbranched alkanes of at least 4 members (excludes halogenated alkanes) is 2. The first-order valence-electron chi connectivity index (χ1n) is 5.97. The van der Waals surface area contributed by atoms with Crippen molar-refractivity contribution in [2.75, 3.05) is 0 Å². The van der Waals surface area contributed by atoms with Crippen LogP contribution in [0.2, 0.25) is 0 Å². The highest BCUT2D eigenvalue weighted by Gasteiger charge is 2.32. The Bertz CT molecular complexity index is 381. The van der Waals surface area contributed by atoms with E-state index in [2.05, 4.69) is 17.2 Å². The molecule has 1 aliphatic rings. The van der Waals surface area contributed by atoms with Crippen LogP contribution in [0.3, 0.4) is 0 Å². The molecule has 0 radical (unpaired) electrons. The number of primary amides is 1. The lowest BCUT2D eigenvalue weighted by atomic mass is 10.2. The molecule has 1 fully saturated rings. The van der Waals surface area contributed by atoms with E-state index < -0.39 is 5.91 Å². The third-order valence-electron chi connectivity index (χ3n) is 2.94. The minimum absolute atomic E-state index is 0.374. The monoisotopic (exact) mass is 222 g/mol. The first-order chi connectivity index (χ1) is 7.74. The topological polar surface area (TPSA) is 73.8 Å². The highest BCUT2D eigenvalue weighted by Crippen LogP contribution is 2.41. The predicted molar refractivity (Wildman–Crippen MR) is 60.0 cm³/mol. The normalized spacial score (nSPS) is 15.3. The number of aryl methyl sites for hydroxylation is 1. The Balaban J connectivity index is 2.14. The summed E-state index contributed by atoms with van der Waals surface area (Å²) in [4.78, 5) is 11.2. The van der Waals surface area contributed by atoms with Crippen LogP contribution < -0.4 is 5.73 Å². The van der Waals surface area contributed by atoms with Gasteiger partial charge in [-0.25, -0.2) is 4.68 Å². The number of carbonyl (C=O) groups excluding carboxylic acids is 1. The van der Waals surface area contributed by atoms with Crippen LogP contribution in [0.4, 0.5) is 0 Å². The van der Waals surface area contributed by atoms with Crippen molar-refractivity contribution in [3.8, 4) is 0 Å². The van der Waals surface area contributed by atoms with Crippen molar-refractivity contribution in [1.29, 1.82) is 0 Å². The largest absolute Gasteiger partial charge is 0.364 e. The summed E-state index contributed by atoms with van der Waals surface area (Å²) in [6.45, 7) is 3.01. The molecule has 5 heteroatoms. The molecule has 1 aromatic heterocycles. The molecule has 0 spiro atoms. The van der Waals surface area contributed by atoms with E-state index in [1.54, 1.807) is 0 Å². The second-order valence-electron chi connectivity index (χ2n) is 4.39. The summed E-state index contributed by atoms with van der Waals surface area (Å²) in [5.74, 6) is 0.00256. The highest BCUT2D eigenvalue weighted by molar-refractivity contribution is 5.92. The van der Waals surface area contributed by atoms with Crippen LogP contribution in [0, 0.1) is 0 Å². The standard InChI is InChI=1S/C11H18N4O/c1-2-3-4-7-15-10(8-5-6-8)9(11(12)16)13-14-15/h8H,2-7H2,1H3,(H2,12,16). The molecule has 1 aliphatic carbocycles. The fourth-order valence-corrected chi connectivity index (χ4v) is 1.93. The maximum Gasteiger partial charge on any atom is 0.271 e. The van der Waals surface area contributed by atoms with Crippen molar-refractivity contribution in [2.24, 2.45) is 5.73 Å². The van der Waals surface area contributed by atoms with Gasteiger partial charge in [-0.1, -0.05) is 25.0 Å². The number of amides is 1. The Kier molecular flexibility index (Phi) is 3.22. The Morgan fingerprint density at radius 1 is 1.50 bits per heavy atom. The lowest BCUT2D eigenvalue weighted by Crippen LogP contribution is -2.15. The van der Waals surface area contributed by atoms with Gasteiger partial charge in [0.1, 0.15) is 0 Å². The Labute approximate surface area is 95.0 Å². The number of carbonyl (C=O) groups is 1. The van der Waals surface area contributed by atoms with Gasteiger partial charge in [0.15, 0.2) is 5.69 Å². The summed E-state index contributed by atoms with van der Waals surface area (Å²) >= 11 is 0. The van der Waals surface area contributed by atoms with Crippen LogP contribution in [-0.2, 0) is 6.54 Å². The van der Waals surface area contributed by atoms with Gasteiger partial charge in [-0.05, 0) is 19.3 Å². The van der Waals surface area contributed by atoms with Crippen LogP contribution in [0.15, 0.2) is 0 Å². The molecule has 2 N–H and O–H groups in total. The molecule has 0 aromatic carbocycles. The first-order valence-corrected chi connectivity index (χ1v) is 5.97. The molecule has 1 saturated carbocycles. The van der Waals surface area contributed by atoms with Crippen LogP contribution in [0.1, 0.15) is 61.1 Å². The summed E-state index contributed by atoms with van der Waals surface area (Å²) in [5.41, 5.74) is 6.63. The van der Waals surface area contributed by atoms with Crippen molar-refractivity contribution in [2.45, 2.75) is 51.5 Å². The van der Waals surface area contributed by atoms with Crippen molar-refractivity contribution >= 4 is 5.91 Å². The summed E-state index contributed by atoms with van der Waals surface area (Å²) in [7, 11) is 0. The van der Waals surface area contributed by atoms with E-state index in [1.807, 2.05) is 4.68 Å². The fourth-order valence-electron chi connectivity index (χ4n) is 1.93. The van der Waals surface area contributed by atoms with Crippen LogP contribution >= 0.6 is 0 Å². The molecule has 1 heterocycles. The zero-order valence-electron chi connectivity index (χ0n) is 9.65. The SMILES string of the molecule is CCCCCn1nnc(C(N)=O)c1C1CC1. The van der Waals surface area contributed by atoms with Gasteiger partial charge >= 0.3 is 0 Å². The van der Waals surface area contributed by atoms with Gasteiger partial charge in [-0.3, -0.25) is 4.79 Å². The number of nitrogens with zero attached hydrogens (tertiary/aromatic N) is 3. The molecule has 2 rings (SSSR count). The van der Waals surface area contributed by atoms with Crippen molar-refractivity contribution in [1.82, 2.24) is 15.0 Å². The number of hydrogen-bond donors (Lipinski definition) is 1. The molecule has 0 atom stereocenters. The van der Waals surface area contributed by atoms with Crippen molar-refractivity contribution < 1.29 is 4.79 Å². The molecule has 88 valence electrons. The quantitative estimate of drug-likeness (QED) is 0.740. The molecule has 0 bridgehead atoms. The minimum atomic E-state index is -0.455. The van der Waals surface area contributed by atoms with Crippen LogP contribution in [0.25, 0.3) is 0 Å². The van der Waals surface area contributed by atoms with Gasteiger partial charge < -0.3 is 5.73 Å². The van der Waals surface area contributed by atoms with E-state index in [4.69, 9.17) is 5.73 Å². The van der Waals surface area contributed by atoms with E-state index in [1.165, 1.54) is 12.8 Å². The van der Waals surface area contributed by atoms with Gasteiger partial charge in [0.2, 0.25) is 0 Å². The number of rotatable bonds is 6. The predicted octanol–water partition coefficient (Wildman–Crippen LogP) is 1.44. The maximum atomic E-state index is 11.2. The van der Waals surface area contributed by atoms with E-state index in [0.29, 0.717) is 11.6 Å². The third kappa shape index (κ3) is 2.23. The Morgan fingerprint density at radius 3 is 2.81 bits per heavy atom. The van der Waals surface area contributed by atoms with Gasteiger partial charge in [0.05, 0.1) is 5.69 Å². The molecule has 0 aliphatic heterocycles. The van der Waals surface area contributed by atoms with E-state index in [-0.39, 0.29) is 0 Å². The molecule has 5 nitrogen and oxygen atoms in total. The number of aromatic nitrogens is 3. The fraction of sp³-hybridized carbons (Fsp3) is 0.727. The summed E-state index contributed by atoms with van der Waals surface area (Å²) < 4.78 is 1.87. The average molecular weight is 222 g/mol. The highest BCUT2D eigenvalue weighted by atomic mass is 16.1. The summed E-state index contributed by atoms with van der Waals surface area (Å²) in [6, 6.07) is 0. The molecule has 1 amide bonds. The average Bonchev–Trinajstić information content (AvgIpc) is 3.00. The van der Waals surface area contributed by atoms with Crippen molar-refractivity contribution in [3.63, 3.8) is 0 Å². The first kappa shape index (κ1) is 11.1. The van der Waals surface area contributed by atoms with E-state index in [9.17, 15) is 4.79 Å². The van der Waals surface area contributed by atoms with E-state index in [0.717, 1.165) is 31.5 Å². The lowest BCUT2D eigenvalue weighted by molar-refractivity contribution is 0.0994. The van der Waals surface area contributed by atoms with Crippen LogP contribution in [0.5, 0.6) is 0 Å². The lowest BCUT2D eigenvalue weighted by Gasteiger charge is -2.05. The smallest absolute Gasteiger partial charge is 0.271 e. The second kappa shape index (κ2) is 4.63. The van der Waals surface area contributed by atoms with Crippen LogP contribution in [-0.4, -0.2) is 20.9 Å². The van der Waals surface area contributed by atoms with E-state index >= 15 is 0 Å². The van der Waals surface area contributed by atoms with Gasteiger partial charge in [0.25, 0.3) is 5.91 Å². The van der Waals surface area contributed by atoms with Gasteiger partial charge in [-0.2, -0.15) is 0 Å². The molecule has 16 heavy (non-hydrogen) atoms.